The number of hydrogen-bond acceptors (Lipinski definition) is 3. The smallest absolute Gasteiger partial charge is 0.156 e. The van der Waals surface area contributed by atoms with Crippen LogP contribution in [0.3, 0.4) is 0 Å². The topological polar surface area (TPSA) is 30.2 Å². The van der Waals surface area contributed by atoms with Crippen molar-refractivity contribution in [1.82, 2.24) is 14.4 Å². The highest BCUT2D eigenvalue weighted by Crippen LogP contribution is 2.34. The van der Waals surface area contributed by atoms with E-state index in [1.807, 2.05) is 6.20 Å². The minimum absolute atomic E-state index is 0.901. The van der Waals surface area contributed by atoms with Gasteiger partial charge in [0.1, 0.15) is 5.69 Å². The molecule has 0 aliphatic carbocycles. The molecule has 0 aliphatic rings. The molecule has 1 radical (unpaired) electrons. The van der Waals surface area contributed by atoms with Crippen LogP contribution in [0.1, 0.15) is 19.5 Å². The Morgan fingerprint density at radius 1 is 1.37 bits per heavy atom. The first-order chi connectivity index (χ1) is 9.15. The summed E-state index contributed by atoms with van der Waals surface area (Å²) in [6.07, 6.45) is 6.51. The molecule has 0 spiro atoms. The zero-order chi connectivity index (χ0) is 13.4. The van der Waals surface area contributed by atoms with Gasteiger partial charge >= 0.3 is 0 Å². The van der Waals surface area contributed by atoms with Crippen LogP contribution in [-0.4, -0.2) is 14.4 Å². The van der Waals surface area contributed by atoms with Gasteiger partial charge in [0.05, 0.1) is 20.6 Å². The molecule has 0 saturated carbocycles. The predicted octanol–water partition coefficient (Wildman–Crippen LogP) is 4.38. The number of rotatable bonds is 3. The van der Waals surface area contributed by atoms with Crippen LogP contribution in [0.25, 0.3) is 16.2 Å². The number of halogens is 1. The largest absolute Gasteiger partial charge is 0.301 e. The second-order valence-corrected chi connectivity index (χ2v) is 7.16. The van der Waals surface area contributed by atoms with Gasteiger partial charge in [0.25, 0.3) is 0 Å². The lowest BCUT2D eigenvalue weighted by Gasteiger charge is -2.06. The number of nitrogens with zero attached hydrogens (tertiary/aromatic N) is 3. The summed E-state index contributed by atoms with van der Waals surface area (Å²) < 4.78 is 3.25. The molecule has 3 rings (SSSR count). The van der Waals surface area contributed by atoms with E-state index in [2.05, 4.69) is 51.3 Å². The van der Waals surface area contributed by atoms with Crippen LogP contribution in [0.5, 0.6) is 0 Å². The third-order valence-corrected chi connectivity index (χ3v) is 4.49. The molecule has 3 aromatic rings. The number of thiophene rings is 1. The summed E-state index contributed by atoms with van der Waals surface area (Å²) in [5.41, 5.74) is 3.19. The Labute approximate surface area is 124 Å². The molecule has 0 N–H and O–H groups in total. The van der Waals surface area contributed by atoms with Crippen LogP contribution in [0, 0.1) is 5.92 Å². The van der Waals surface area contributed by atoms with Crippen molar-refractivity contribution in [1.29, 1.82) is 0 Å². The van der Waals surface area contributed by atoms with Crippen molar-refractivity contribution in [3.8, 4) is 10.6 Å². The number of aromatic nitrogens is 3. The summed E-state index contributed by atoms with van der Waals surface area (Å²) in [4.78, 5) is 10.1. The molecule has 0 saturated heterocycles. The standard InChI is InChI=1S/C14H13BrN3S/c1-9(2)7-10-14(11-3-4-12(15)19-11)17-13-8-16-5-6-18(10)13/h3-6,8H,7H2,1-2H3. The maximum Gasteiger partial charge on any atom is 0.156 e. The molecule has 5 heteroatoms. The Bertz CT molecular complexity index is 714. The molecule has 3 aromatic heterocycles. The van der Waals surface area contributed by atoms with E-state index in [1.54, 1.807) is 23.7 Å². The summed E-state index contributed by atoms with van der Waals surface area (Å²) in [6.45, 7) is 4.30. The van der Waals surface area contributed by atoms with Crippen molar-refractivity contribution in [2.24, 2.45) is 0 Å². The number of imidazole rings is 1. The first-order valence-corrected chi connectivity index (χ1v) is 7.62. The maximum absolute atomic E-state index is 4.73. The Hall–Kier alpha value is -1.20. The molecule has 3 nitrogen and oxygen atoms in total. The molecule has 0 amide bonds. The highest BCUT2D eigenvalue weighted by Gasteiger charge is 2.16. The second kappa shape index (κ2) is 5.06. The Balaban J connectivity index is 2.22. The lowest BCUT2D eigenvalue weighted by Crippen LogP contribution is -1.98. The van der Waals surface area contributed by atoms with Crippen molar-refractivity contribution >= 4 is 32.9 Å². The van der Waals surface area contributed by atoms with Crippen molar-refractivity contribution in [3.05, 3.63) is 46.1 Å². The Morgan fingerprint density at radius 2 is 2.21 bits per heavy atom. The number of fused-ring (bicyclic) bond motifs is 1. The average Bonchev–Trinajstić information content (AvgIpc) is 2.94. The molecule has 0 aliphatic heterocycles. The molecular formula is C14H13BrN3S. The minimum atomic E-state index is 0.901. The summed E-state index contributed by atoms with van der Waals surface area (Å²) in [5, 5.41) is 0. The second-order valence-electron chi connectivity index (χ2n) is 4.70. The summed E-state index contributed by atoms with van der Waals surface area (Å²) in [7, 11) is 0. The third kappa shape index (κ3) is 2.44. The molecule has 0 bridgehead atoms. The van der Waals surface area contributed by atoms with Gasteiger partial charge in [-0.05, 0) is 40.4 Å². The van der Waals surface area contributed by atoms with Gasteiger partial charge in [-0.15, -0.1) is 11.3 Å². The highest BCUT2D eigenvalue weighted by molar-refractivity contribution is 9.11. The van der Waals surface area contributed by atoms with E-state index >= 15 is 0 Å². The van der Waals surface area contributed by atoms with E-state index in [9.17, 15) is 0 Å². The summed E-state index contributed by atoms with van der Waals surface area (Å²) in [5.74, 6) is 1.37. The fourth-order valence-electron chi connectivity index (χ4n) is 2.10. The van der Waals surface area contributed by atoms with Gasteiger partial charge in [-0.1, -0.05) is 13.8 Å². The monoisotopic (exact) mass is 334 g/mol. The van der Waals surface area contributed by atoms with Crippen molar-refractivity contribution in [2.45, 2.75) is 20.3 Å². The van der Waals surface area contributed by atoms with Crippen LogP contribution in [0.2, 0.25) is 0 Å². The van der Waals surface area contributed by atoms with E-state index in [-0.39, 0.29) is 0 Å². The first-order valence-electron chi connectivity index (χ1n) is 6.01. The molecule has 0 fully saturated rings. The maximum atomic E-state index is 4.73. The lowest BCUT2D eigenvalue weighted by molar-refractivity contribution is 0.898. The van der Waals surface area contributed by atoms with Gasteiger partial charge in [-0.25, -0.2) is 4.98 Å². The van der Waals surface area contributed by atoms with Crippen LogP contribution in [0.15, 0.2) is 34.5 Å². The SMILES string of the molecule is C[C](C)Cc1c(-c2ccc(Br)s2)nc2cnccn12. The van der Waals surface area contributed by atoms with E-state index < -0.39 is 0 Å². The fraction of sp³-hybridized carbons (Fsp3) is 0.214. The van der Waals surface area contributed by atoms with E-state index in [4.69, 9.17) is 4.98 Å². The van der Waals surface area contributed by atoms with Crippen LogP contribution in [0.4, 0.5) is 0 Å². The molecule has 0 unspecified atom stereocenters. The molecule has 97 valence electrons. The van der Waals surface area contributed by atoms with Gasteiger partial charge in [0.15, 0.2) is 5.65 Å². The molecular weight excluding hydrogens is 322 g/mol. The molecule has 19 heavy (non-hydrogen) atoms. The minimum Gasteiger partial charge on any atom is -0.301 e. The van der Waals surface area contributed by atoms with Gasteiger partial charge in [-0.3, -0.25) is 4.98 Å². The zero-order valence-electron chi connectivity index (χ0n) is 10.7. The third-order valence-electron chi connectivity index (χ3n) is 2.86. The normalized spacial score (nSPS) is 11.6. The van der Waals surface area contributed by atoms with Crippen molar-refractivity contribution in [2.75, 3.05) is 0 Å². The molecule has 3 heterocycles. The quantitative estimate of drug-likeness (QED) is 0.711. The summed E-state index contributed by atoms with van der Waals surface area (Å²) >= 11 is 5.22. The molecule has 0 aromatic carbocycles. The summed E-state index contributed by atoms with van der Waals surface area (Å²) in [6, 6.07) is 4.17. The van der Waals surface area contributed by atoms with Crippen molar-refractivity contribution < 1.29 is 0 Å². The predicted molar refractivity (Wildman–Crippen MR) is 82.3 cm³/mol. The fourth-order valence-corrected chi connectivity index (χ4v) is 3.50. The zero-order valence-corrected chi connectivity index (χ0v) is 13.1. The number of hydrogen-bond donors (Lipinski definition) is 0. The lowest BCUT2D eigenvalue weighted by atomic mass is 10.1. The first kappa shape index (κ1) is 12.8. The highest BCUT2D eigenvalue weighted by atomic mass is 79.9. The van der Waals surface area contributed by atoms with Gasteiger partial charge in [0.2, 0.25) is 0 Å². The van der Waals surface area contributed by atoms with Gasteiger partial charge in [-0.2, -0.15) is 0 Å². The molecule has 0 atom stereocenters. The van der Waals surface area contributed by atoms with Gasteiger partial charge in [0, 0.05) is 12.4 Å². The van der Waals surface area contributed by atoms with Crippen LogP contribution in [-0.2, 0) is 6.42 Å². The van der Waals surface area contributed by atoms with E-state index in [0.717, 1.165) is 21.5 Å². The average molecular weight is 335 g/mol. The van der Waals surface area contributed by atoms with Crippen molar-refractivity contribution in [3.63, 3.8) is 0 Å². The van der Waals surface area contributed by atoms with Crippen LogP contribution < -0.4 is 0 Å². The van der Waals surface area contributed by atoms with E-state index in [1.165, 1.54) is 16.5 Å². The Morgan fingerprint density at radius 3 is 2.89 bits per heavy atom. The van der Waals surface area contributed by atoms with E-state index in [0.29, 0.717) is 0 Å². The van der Waals surface area contributed by atoms with Gasteiger partial charge < -0.3 is 4.40 Å². The van der Waals surface area contributed by atoms with Crippen LogP contribution >= 0.6 is 27.3 Å². The Kier molecular flexibility index (Phi) is 3.41.